The molecule has 0 unspecified atom stereocenters. The fourth-order valence-corrected chi connectivity index (χ4v) is 6.39. The Morgan fingerprint density at radius 2 is 1.64 bits per heavy atom. The van der Waals surface area contributed by atoms with Crippen LogP contribution in [-0.2, 0) is 27.3 Å². The van der Waals surface area contributed by atoms with Crippen LogP contribution in [-0.4, -0.2) is 61.1 Å². The summed E-state index contributed by atoms with van der Waals surface area (Å²) in [6.45, 7) is 8.60. The Morgan fingerprint density at radius 3 is 2.36 bits per heavy atom. The van der Waals surface area contributed by atoms with Crippen molar-refractivity contribution in [3.05, 3.63) is 45.7 Å². The van der Waals surface area contributed by atoms with Crippen LogP contribution < -0.4 is 0 Å². The van der Waals surface area contributed by atoms with Crippen molar-refractivity contribution < 1.29 is 19.1 Å². The number of cyclic esters (lactones) is 2. The van der Waals surface area contributed by atoms with Gasteiger partial charge in [0, 0.05) is 25.2 Å². The molecular weight excluding hydrogens is 416 g/mol. The van der Waals surface area contributed by atoms with E-state index >= 15 is 0 Å². The molecule has 1 spiro atoms. The van der Waals surface area contributed by atoms with E-state index in [1.165, 1.54) is 55.6 Å². The van der Waals surface area contributed by atoms with Crippen LogP contribution in [0.3, 0.4) is 0 Å². The number of carbonyl (C=O) groups excluding carboxylic acids is 2. The highest BCUT2D eigenvalue weighted by atomic mass is 16.5. The smallest absolute Gasteiger partial charge is 0.338 e. The molecule has 6 heteroatoms. The number of rotatable bonds is 5. The Balaban J connectivity index is 1.02. The zero-order chi connectivity index (χ0) is 22.6. The zero-order valence-corrected chi connectivity index (χ0v) is 19.7. The van der Waals surface area contributed by atoms with Crippen LogP contribution in [0.4, 0.5) is 0 Å². The number of ether oxygens (including phenoxy) is 2. The van der Waals surface area contributed by atoms with E-state index in [4.69, 9.17) is 9.47 Å². The molecule has 1 aromatic rings. The van der Waals surface area contributed by atoms with Crippen molar-refractivity contribution in [2.45, 2.75) is 58.5 Å². The van der Waals surface area contributed by atoms with Crippen LogP contribution in [0.5, 0.6) is 0 Å². The molecule has 0 aromatic heterocycles. The van der Waals surface area contributed by atoms with Gasteiger partial charge in [0.05, 0.1) is 16.8 Å². The highest BCUT2D eigenvalue weighted by molar-refractivity contribution is 5.94. The monoisotopic (exact) mass is 450 g/mol. The molecular formula is C27H34N2O4. The molecule has 176 valence electrons. The standard InChI is InChI=1S/C27H34N2O4/c1-18-19(4-5-21-22(18)16-32-25(21)30)6-11-28-12-7-27(8-13-28)9-14-29(15-10-27)23-17-33-26(31)24(23)20-2-3-20/h4-5,20H,2-3,6-17H2,1H3. The summed E-state index contributed by atoms with van der Waals surface area (Å²) in [5.74, 6) is 0.231. The van der Waals surface area contributed by atoms with Gasteiger partial charge in [-0.2, -0.15) is 0 Å². The van der Waals surface area contributed by atoms with Gasteiger partial charge in [-0.25, -0.2) is 9.59 Å². The third kappa shape index (κ3) is 3.86. The average Bonchev–Trinajstić information content (AvgIpc) is 3.49. The van der Waals surface area contributed by atoms with E-state index in [0.29, 0.717) is 24.5 Å². The lowest BCUT2D eigenvalue weighted by Crippen LogP contribution is -2.47. The Labute approximate surface area is 195 Å². The second-order valence-electron chi connectivity index (χ2n) is 10.7. The molecule has 4 aliphatic heterocycles. The second-order valence-corrected chi connectivity index (χ2v) is 10.7. The fourth-order valence-electron chi connectivity index (χ4n) is 6.39. The van der Waals surface area contributed by atoms with Crippen LogP contribution in [0.25, 0.3) is 0 Å². The van der Waals surface area contributed by atoms with E-state index in [1.807, 2.05) is 6.07 Å². The van der Waals surface area contributed by atoms with Crippen molar-refractivity contribution in [1.29, 1.82) is 0 Å². The minimum absolute atomic E-state index is 0.0566. The van der Waals surface area contributed by atoms with Gasteiger partial charge in [0.1, 0.15) is 13.2 Å². The average molecular weight is 451 g/mol. The summed E-state index contributed by atoms with van der Waals surface area (Å²) in [5.41, 5.74) is 7.07. The molecule has 0 N–H and O–H groups in total. The number of piperidine rings is 2. The molecule has 1 saturated carbocycles. The molecule has 0 amide bonds. The summed E-state index contributed by atoms with van der Waals surface area (Å²) in [7, 11) is 0. The van der Waals surface area contributed by atoms with Crippen LogP contribution in [0, 0.1) is 18.3 Å². The summed E-state index contributed by atoms with van der Waals surface area (Å²) in [5, 5.41) is 0. The lowest BCUT2D eigenvalue weighted by Gasteiger charge is -2.47. The van der Waals surface area contributed by atoms with Crippen LogP contribution in [0.2, 0.25) is 0 Å². The Hall–Kier alpha value is -2.34. The number of nitrogens with zero attached hydrogens (tertiary/aromatic N) is 2. The predicted octanol–water partition coefficient (Wildman–Crippen LogP) is 3.61. The van der Waals surface area contributed by atoms with E-state index in [0.717, 1.165) is 55.6 Å². The van der Waals surface area contributed by atoms with Gasteiger partial charge in [-0.1, -0.05) is 6.07 Å². The third-order valence-electron chi connectivity index (χ3n) is 8.95. The predicted molar refractivity (Wildman–Crippen MR) is 124 cm³/mol. The third-order valence-corrected chi connectivity index (χ3v) is 8.95. The van der Waals surface area contributed by atoms with Gasteiger partial charge in [0.15, 0.2) is 0 Å². The summed E-state index contributed by atoms with van der Waals surface area (Å²) < 4.78 is 10.6. The largest absolute Gasteiger partial charge is 0.457 e. The lowest BCUT2D eigenvalue weighted by molar-refractivity contribution is -0.136. The fraction of sp³-hybridized carbons (Fsp3) is 0.630. The number of hydrogen-bond donors (Lipinski definition) is 0. The first-order valence-corrected chi connectivity index (χ1v) is 12.7. The number of benzene rings is 1. The summed E-state index contributed by atoms with van der Waals surface area (Å²) in [6, 6.07) is 4.06. The molecule has 33 heavy (non-hydrogen) atoms. The molecule has 4 heterocycles. The minimum Gasteiger partial charge on any atom is -0.457 e. The lowest BCUT2D eigenvalue weighted by atomic mass is 9.71. The second kappa shape index (κ2) is 8.15. The minimum atomic E-state index is -0.181. The Kier molecular flexibility index (Phi) is 5.24. The van der Waals surface area contributed by atoms with Gasteiger partial charge in [-0.3, -0.25) is 0 Å². The Bertz CT molecular complexity index is 1010. The molecule has 0 bridgehead atoms. The highest BCUT2D eigenvalue weighted by Gasteiger charge is 2.42. The van der Waals surface area contributed by atoms with E-state index < -0.39 is 0 Å². The quantitative estimate of drug-likeness (QED) is 0.639. The molecule has 2 saturated heterocycles. The first-order valence-electron chi connectivity index (χ1n) is 12.7. The SMILES string of the molecule is Cc1c(CCN2CCC3(CC2)CCN(C2=C(C4CC4)C(=O)OC2)CC3)ccc2c1COC2=O. The van der Waals surface area contributed by atoms with E-state index in [2.05, 4.69) is 22.8 Å². The van der Waals surface area contributed by atoms with Gasteiger partial charge in [-0.15, -0.1) is 0 Å². The number of carbonyl (C=O) groups is 2. The molecule has 6 nitrogen and oxygen atoms in total. The maximum absolute atomic E-state index is 12.2. The molecule has 1 aliphatic carbocycles. The van der Waals surface area contributed by atoms with Crippen LogP contribution in [0.15, 0.2) is 23.4 Å². The molecule has 1 aromatic carbocycles. The zero-order valence-electron chi connectivity index (χ0n) is 19.7. The van der Waals surface area contributed by atoms with Gasteiger partial charge >= 0.3 is 11.9 Å². The van der Waals surface area contributed by atoms with Crippen molar-refractivity contribution in [3.8, 4) is 0 Å². The van der Waals surface area contributed by atoms with Crippen molar-refractivity contribution in [3.63, 3.8) is 0 Å². The first-order chi connectivity index (χ1) is 16.0. The van der Waals surface area contributed by atoms with Crippen molar-refractivity contribution in [1.82, 2.24) is 9.80 Å². The number of likely N-dealkylation sites (tertiary alicyclic amines) is 2. The van der Waals surface area contributed by atoms with Crippen LogP contribution >= 0.6 is 0 Å². The number of hydrogen-bond acceptors (Lipinski definition) is 6. The van der Waals surface area contributed by atoms with Crippen molar-refractivity contribution >= 4 is 11.9 Å². The summed E-state index contributed by atoms with van der Waals surface area (Å²) >= 11 is 0. The maximum atomic E-state index is 12.2. The molecule has 3 fully saturated rings. The number of fused-ring (bicyclic) bond motifs is 1. The van der Waals surface area contributed by atoms with Gasteiger partial charge in [0.2, 0.25) is 0 Å². The highest BCUT2D eigenvalue weighted by Crippen LogP contribution is 2.45. The first kappa shape index (κ1) is 21.2. The van der Waals surface area contributed by atoms with Crippen molar-refractivity contribution in [2.75, 3.05) is 39.3 Å². The normalized spacial score (nSPS) is 24.9. The van der Waals surface area contributed by atoms with Gasteiger partial charge < -0.3 is 19.3 Å². The molecule has 0 atom stereocenters. The summed E-state index contributed by atoms with van der Waals surface area (Å²) in [6.07, 6.45) is 8.34. The van der Waals surface area contributed by atoms with E-state index in [9.17, 15) is 9.59 Å². The molecule has 0 radical (unpaired) electrons. The molecule has 6 rings (SSSR count). The number of esters is 2. The van der Waals surface area contributed by atoms with Gasteiger partial charge in [0.25, 0.3) is 0 Å². The summed E-state index contributed by atoms with van der Waals surface area (Å²) in [4.78, 5) is 29.0. The van der Waals surface area contributed by atoms with Crippen molar-refractivity contribution in [2.24, 2.45) is 11.3 Å². The Morgan fingerprint density at radius 1 is 0.939 bits per heavy atom. The topological polar surface area (TPSA) is 59.1 Å². The van der Waals surface area contributed by atoms with E-state index in [-0.39, 0.29) is 11.9 Å². The molecule has 5 aliphatic rings. The van der Waals surface area contributed by atoms with Crippen LogP contribution in [0.1, 0.15) is 65.6 Å². The van der Waals surface area contributed by atoms with E-state index in [1.54, 1.807) is 0 Å². The van der Waals surface area contributed by atoms with Gasteiger partial charge in [-0.05, 0) is 93.5 Å². The maximum Gasteiger partial charge on any atom is 0.338 e.